The molecule has 1 aliphatic rings. The summed E-state index contributed by atoms with van der Waals surface area (Å²) in [4.78, 5) is 25.7. The van der Waals surface area contributed by atoms with Crippen molar-refractivity contribution in [3.05, 3.63) is 33.2 Å². The van der Waals surface area contributed by atoms with Gasteiger partial charge >= 0.3 is 5.97 Å². The van der Waals surface area contributed by atoms with Gasteiger partial charge in [-0.3, -0.25) is 4.79 Å². The summed E-state index contributed by atoms with van der Waals surface area (Å²) in [6, 6.07) is 1.43. The Morgan fingerprint density at radius 2 is 2.15 bits per heavy atom. The van der Waals surface area contributed by atoms with Crippen molar-refractivity contribution >= 4 is 5.97 Å². The van der Waals surface area contributed by atoms with Crippen molar-refractivity contribution in [2.75, 3.05) is 20.1 Å². The monoisotopic (exact) mass is 278 g/mol. The van der Waals surface area contributed by atoms with Crippen LogP contribution in [0.2, 0.25) is 0 Å². The topological polar surface area (TPSA) is 62.5 Å². The third-order valence-electron chi connectivity index (χ3n) is 4.14. The fourth-order valence-corrected chi connectivity index (χ4v) is 3.15. The number of aromatic nitrogens is 1. The SMILES string of the molecule is Cc1cc(=O)n(CC2CCCN(C)C2)c(C)c1C(=O)O. The maximum atomic E-state index is 12.1. The van der Waals surface area contributed by atoms with Crippen molar-refractivity contribution in [2.24, 2.45) is 5.92 Å². The van der Waals surface area contributed by atoms with Crippen LogP contribution in [0.3, 0.4) is 0 Å². The van der Waals surface area contributed by atoms with Crippen LogP contribution in [0.4, 0.5) is 0 Å². The van der Waals surface area contributed by atoms with Gasteiger partial charge in [0.1, 0.15) is 0 Å². The summed E-state index contributed by atoms with van der Waals surface area (Å²) in [7, 11) is 2.08. The molecule has 0 saturated carbocycles. The normalized spacial score (nSPS) is 20.1. The smallest absolute Gasteiger partial charge is 0.337 e. The van der Waals surface area contributed by atoms with Gasteiger partial charge in [-0.05, 0) is 51.8 Å². The Kier molecular flexibility index (Phi) is 4.28. The van der Waals surface area contributed by atoms with Crippen LogP contribution in [0.5, 0.6) is 0 Å². The van der Waals surface area contributed by atoms with Crippen LogP contribution < -0.4 is 5.56 Å². The molecule has 5 nitrogen and oxygen atoms in total. The van der Waals surface area contributed by atoms with Crippen molar-refractivity contribution in [1.29, 1.82) is 0 Å². The van der Waals surface area contributed by atoms with Crippen LogP contribution in [0.1, 0.15) is 34.5 Å². The van der Waals surface area contributed by atoms with Gasteiger partial charge in [0.25, 0.3) is 5.56 Å². The Balaban J connectivity index is 2.34. The third kappa shape index (κ3) is 2.93. The van der Waals surface area contributed by atoms with E-state index in [9.17, 15) is 14.7 Å². The largest absolute Gasteiger partial charge is 0.478 e. The standard InChI is InChI=1S/C15H22N2O3/c1-10-7-13(18)17(11(2)14(10)15(19)20)9-12-5-4-6-16(3)8-12/h7,12H,4-6,8-9H2,1-3H3,(H,19,20). The van der Waals surface area contributed by atoms with Gasteiger partial charge in [-0.2, -0.15) is 0 Å². The number of carboxylic acid groups (broad SMARTS) is 1. The van der Waals surface area contributed by atoms with Gasteiger partial charge in [0.05, 0.1) is 5.56 Å². The lowest BCUT2D eigenvalue weighted by atomic mass is 9.97. The number of pyridine rings is 1. The molecule has 1 unspecified atom stereocenters. The number of carbonyl (C=O) groups is 1. The number of rotatable bonds is 3. The Morgan fingerprint density at radius 3 is 2.75 bits per heavy atom. The fraction of sp³-hybridized carbons (Fsp3) is 0.600. The summed E-state index contributed by atoms with van der Waals surface area (Å²) >= 11 is 0. The minimum absolute atomic E-state index is 0.0989. The van der Waals surface area contributed by atoms with Crippen molar-refractivity contribution in [3.63, 3.8) is 0 Å². The number of aromatic carboxylic acids is 1. The first-order chi connectivity index (χ1) is 9.40. The summed E-state index contributed by atoms with van der Waals surface area (Å²) in [5.74, 6) is -0.552. The number of hydrogen-bond donors (Lipinski definition) is 1. The molecule has 1 aromatic rings. The molecule has 1 aliphatic heterocycles. The maximum Gasteiger partial charge on any atom is 0.337 e. The van der Waals surface area contributed by atoms with Crippen LogP contribution in [-0.4, -0.2) is 40.7 Å². The van der Waals surface area contributed by atoms with E-state index in [1.807, 2.05) is 0 Å². The molecule has 0 aliphatic carbocycles. The Morgan fingerprint density at radius 1 is 1.45 bits per heavy atom. The zero-order valence-electron chi connectivity index (χ0n) is 12.3. The van der Waals surface area contributed by atoms with E-state index in [0.29, 0.717) is 23.7 Å². The van der Waals surface area contributed by atoms with Gasteiger partial charge in [0.15, 0.2) is 0 Å². The van der Waals surface area contributed by atoms with E-state index in [4.69, 9.17) is 0 Å². The van der Waals surface area contributed by atoms with E-state index in [-0.39, 0.29) is 11.1 Å². The van der Waals surface area contributed by atoms with Crippen molar-refractivity contribution in [2.45, 2.75) is 33.2 Å². The molecule has 0 bridgehead atoms. The maximum absolute atomic E-state index is 12.1. The van der Waals surface area contributed by atoms with E-state index >= 15 is 0 Å². The average molecular weight is 278 g/mol. The van der Waals surface area contributed by atoms with Gasteiger partial charge in [0, 0.05) is 24.8 Å². The van der Waals surface area contributed by atoms with Gasteiger partial charge in [-0.25, -0.2) is 4.79 Å². The Labute approximate surface area is 118 Å². The minimum Gasteiger partial charge on any atom is -0.478 e. The molecule has 1 saturated heterocycles. The van der Waals surface area contributed by atoms with Gasteiger partial charge in [-0.1, -0.05) is 0 Å². The van der Waals surface area contributed by atoms with E-state index in [1.54, 1.807) is 18.4 Å². The predicted molar refractivity (Wildman–Crippen MR) is 77.4 cm³/mol. The predicted octanol–water partition coefficient (Wildman–Crippen LogP) is 1.51. The van der Waals surface area contributed by atoms with E-state index in [1.165, 1.54) is 6.07 Å². The summed E-state index contributed by atoms with van der Waals surface area (Å²) in [5.41, 5.74) is 1.26. The van der Waals surface area contributed by atoms with Gasteiger partial charge in [0.2, 0.25) is 0 Å². The molecular formula is C15H22N2O3. The molecule has 0 radical (unpaired) electrons. The number of piperidine rings is 1. The lowest BCUT2D eigenvalue weighted by Crippen LogP contribution is -2.37. The third-order valence-corrected chi connectivity index (χ3v) is 4.14. The number of hydrogen-bond acceptors (Lipinski definition) is 3. The van der Waals surface area contributed by atoms with E-state index in [2.05, 4.69) is 11.9 Å². The first-order valence-corrected chi connectivity index (χ1v) is 7.03. The van der Waals surface area contributed by atoms with Crippen LogP contribution in [-0.2, 0) is 6.54 Å². The van der Waals surface area contributed by atoms with Crippen LogP contribution in [0.15, 0.2) is 10.9 Å². The minimum atomic E-state index is -0.963. The van der Waals surface area contributed by atoms with Crippen molar-refractivity contribution < 1.29 is 9.90 Å². The number of nitrogens with zero attached hydrogens (tertiary/aromatic N) is 2. The first kappa shape index (κ1) is 14.8. The quantitative estimate of drug-likeness (QED) is 0.910. The second-order valence-electron chi connectivity index (χ2n) is 5.81. The summed E-state index contributed by atoms with van der Waals surface area (Å²) in [5, 5.41) is 9.29. The van der Waals surface area contributed by atoms with E-state index < -0.39 is 5.97 Å². The zero-order chi connectivity index (χ0) is 14.9. The van der Waals surface area contributed by atoms with Gasteiger partial charge < -0.3 is 14.6 Å². The molecular weight excluding hydrogens is 256 g/mol. The second kappa shape index (κ2) is 5.79. The summed E-state index contributed by atoms with van der Waals surface area (Å²) in [6.07, 6.45) is 2.22. The molecule has 20 heavy (non-hydrogen) atoms. The molecule has 5 heteroatoms. The van der Waals surface area contributed by atoms with Crippen LogP contribution in [0.25, 0.3) is 0 Å². The molecule has 0 spiro atoms. The molecule has 1 fully saturated rings. The molecule has 1 atom stereocenters. The van der Waals surface area contributed by atoms with Crippen LogP contribution in [0, 0.1) is 19.8 Å². The fourth-order valence-electron chi connectivity index (χ4n) is 3.15. The Bertz CT molecular complexity index is 577. The number of likely N-dealkylation sites (tertiary alicyclic amines) is 1. The highest BCUT2D eigenvalue weighted by atomic mass is 16.4. The summed E-state index contributed by atoms with van der Waals surface area (Å²) in [6.45, 7) is 6.07. The Hall–Kier alpha value is -1.62. The highest BCUT2D eigenvalue weighted by molar-refractivity contribution is 5.90. The number of aryl methyl sites for hydroxylation is 1. The molecule has 1 N–H and O–H groups in total. The molecule has 0 aromatic carbocycles. The highest BCUT2D eigenvalue weighted by Crippen LogP contribution is 2.19. The summed E-state index contributed by atoms with van der Waals surface area (Å²) < 4.78 is 1.63. The highest BCUT2D eigenvalue weighted by Gasteiger charge is 2.21. The zero-order valence-corrected chi connectivity index (χ0v) is 12.3. The van der Waals surface area contributed by atoms with Crippen molar-refractivity contribution in [3.8, 4) is 0 Å². The lowest BCUT2D eigenvalue weighted by Gasteiger charge is -2.30. The number of carboxylic acids is 1. The molecule has 2 heterocycles. The van der Waals surface area contributed by atoms with Crippen molar-refractivity contribution in [1.82, 2.24) is 9.47 Å². The van der Waals surface area contributed by atoms with Crippen LogP contribution >= 0.6 is 0 Å². The first-order valence-electron chi connectivity index (χ1n) is 7.03. The van der Waals surface area contributed by atoms with E-state index in [0.717, 1.165) is 25.9 Å². The second-order valence-corrected chi connectivity index (χ2v) is 5.81. The molecule has 0 amide bonds. The molecule has 1 aromatic heterocycles. The molecule has 2 rings (SSSR count). The molecule has 110 valence electrons. The van der Waals surface area contributed by atoms with Gasteiger partial charge in [-0.15, -0.1) is 0 Å². The lowest BCUT2D eigenvalue weighted by molar-refractivity contribution is 0.0693. The average Bonchev–Trinajstić information content (AvgIpc) is 2.33.